The molecule has 9 heteroatoms. The van der Waals surface area contributed by atoms with Gasteiger partial charge in [0.1, 0.15) is 12.1 Å². The van der Waals surface area contributed by atoms with Crippen LogP contribution in [0.2, 0.25) is 5.02 Å². The Balaban J connectivity index is 1.37. The van der Waals surface area contributed by atoms with Crippen LogP contribution in [0.4, 0.5) is 4.79 Å². The lowest BCUT2D eigenvalue weighted by Crippen LogP contribution is -2.65. The van der Waals surface area contributed by atoms with E-state index in [1.54, 1.807) is 23.6 Å². The number of imidazole rings is 1. The number of amides is 2. The number of rotatable bonds is 4. The quantitative estimate of drug-likeness (QED) is 0.503. The van der Waals surface area contributed by atoms with Gasteiger partial charge in [-0.15, -0.1) is 0 Å². The van der Waals surface area contributed by atoms with E-state index in [1.165, 1.54) is 0 Å². The number of ether oxygens (including phenoxy) is 1. The first-order valence-corrected chi connectivity index (χ1v) is 12.6. The average Bonchev–Trinajstić information content (AvgIpc) is 3.27. The molecule has 1 unspecified atom stereocenters. The first-order chi connectivity index (χ1) is 17.2. The van der Waals surface area contributed by atoms with Crippen LogP contribution in [0.1, 0.15) is 33.6 Å². The fourth-order valence-electron chi connectivity index (χ4n) is 5.05. The zero-order chi connectivity index (χ0) is 25.4. The summed E-state index contributed by atoms with van der Waals surface area (Å²) in [5.41, 5.74) is 2.93. The van der Waals surface area contributed by atoms with Crippen molar-refractivity contribution in [2.45, 2.75) is 57.8 Å². The van der Waals surface area contributed by atoms with Crippen LogP contribution >= 0.6 is 11.6 Å². The van der Waals surface area contributed by atoms with Gasteiger partial charge in [-0.1, -0.05) is 23.7 Å². The Hall–Kier alpha value is -3.39. The minimum Gasteiger partial charge on any atom is -0.444 e. The number of piperazine rings is 1. The van der Waals surface area contributed by atoms with Crippen LogP contribution < -0.4 is 0 Å². The van der Waals surface area contributed by atoms with Gasteiger partial charge in [0.2, 0.25) is 5.91 Å². The molecule has 2 atom stereocenters. The van der Waals surface area contributed by atoms with E-state index in [0.29, 0.717) is 18.1 Å². The van der Waals surface area contributed by atoms with Crippen LogP contribution in [0.5, 0.6) is 0 Å². The number of hydrogen-bond donors (Lipinski definition) is 0. The maximum Gasteiger partial charge on any atom is 0.410 e. The van der Waals surface area contributed by atoms with Crippen LogP contribution in [-0.4, -0.2) is 67.1 Å². The Bertz CT molecular complexity index is 1250. The van der Waals surface area contributed by atoms with Crippen molar-refractivity contribution in [3.05, 3.63) is 60.1 Å². The summed E-state index contributed by atoms with van der Waals surface area (Å²) < 4.78 is 7.49. The Labute approximate surface area is 215 Å². The molecular weight excluding hydrogens is 478 g/mol. The largest absolute Gasteiger partial charge is 0.444 e. The summed E-state index contributed by atoms with van der Waals surface area (Å²) in [7, 11) is 0. The zero-order valence-corrected chi connectivity index (χ0v) is 21.5. The van der Waals surface area contributed by atoms with Gasteiger partial charge in [0.25, 0.3) is 0 Å². The van der Waals surface area contributed by atoms with Crippen molar-refractivity contribution in [2.24, 2.45) is 0 Å². The van der Waals surface area contributed by atoms with E-state index >= 15 is 0 Å². The third-order valence-corrected chi connectivity index (χ3v) is 6.94. The van der Waals surface area contributed by atoms with Gasteiger partial charge in [0.05, 0.1) is 23.8 Å². The second-order valence-corrected chi connectivity index (χ2v) is 10.8. The van der Waals surface area contributed by atoms with Crippen LogP contribution in [0.15, 0.2) is 55.1 Å². The minimum atomic E-state index is -0.546. The normalized spacial score (nSPS) is 19.4. The first kappa shape index (κ1) is 24.3. The molecular formula is C27H30ClN5O3. The van der Waals surface area contributed by atoms with Gasteiger partial charge in [-0.2, -0.15) is 0 Å². The van der Waals surface area contributed by atoms with Gasteiger partial charge >= 0.3 is 6.09 Å². The molecule has 0 spiro atoms. The molecule has 3 aromatic rings. The summed E-state index contributed by atoms with van der Waals surface area (Å²) >= 11 is 6.09. The molecule has 0 saturated carbocycles. The minimum absolute atomic E-state index is 0.0151. The Morgan fingerprint density at radius 3 is 2.22 bits per heavy atom. The third kappa shape index (κ3) is 4.95. The van der Waals surface area contributed by atoms with E-state index in [9.17, 15) is 9.59 Å². The molecule has 0 radical (unpaired) electrons. The number of pyridine rings is 1. The number of nitrogens with zero attached hydrogens (tertiary/aromatic N) is 5. The SMILES string of the molecule is CC(C)(C)OC(=O)N1CC2CC[C@H]1CN2C(=O)Cn1cnc(-c2ccc(Cl)cc2)c1-c1ccncc1. The molecule has 3 fully saturated rings. The van der Waals surface area contributed by atoms with Crippen molar-refractivity contribution in [2.75, 3.05) is 13.1 Å². The topological polar surface area (TPSA) is 80.6 Å². The molecule has 0 aliphatic carbocycles. The van der Waals surface area contributed by atoms with Gasteiger partial charge in [-0.3, -0.25) is 9.78 Å². The summed E-state index contributed by atoms with van der Waals surface area (Å²) in [4.78, 5) is 38.8. The van der Waals surface area contributed by atoms with Crippen molar-refractivity contribution in [3.8, 4) is 22.5 Å². The van der Waals surface area contributed by atoms with Gasteiger partial charge in [-0.05, 0) is 57.9 Å². The summed E-state index contributed by atoms with van der Waals surface area (Å²) in [6.07, 6.45) is 6.64. The van der Waals surface area contributed by atoms with E-state index in [2.05, 4.69) is 9.97 Å². The van der Waals surface area contributed by atoms with Crippen molar-refractivity contribution >= 4 is 23.6 Å². The van der Waals surface area contributed by atoms with Crippen LogP contribution in [0.25, 0.3) is 22.5 Å². The van der Waals surface area contributed by atoms with Gasteiger partial charge in [0, 0.05) is 47.7 Å². The lowest BCUT2D eigenvalue weighted by Gasteiger charge is -2.51. The van der Waals surface area contributed by atoms with Crippen molar-refractivity contribution < 1.29 is 14.3 Å². The van der Waals surface area contributed by atoms with Crippen molar-refractivity contribution in [3.63, 3.8) is 0 Å². The molecule has 2 amide bonds. The van der Waals surface area contributed by atoms with Crippen molar-refractivity contribution in [1.29, 1.82) is 0 Å². The number of carbonyl (C=O) groups excluding carboxylic acids is 2. The highest BCUT2D eigenvalue weighted by Gasteiger charge is 2.44. The number of piperidine rings is 2. The monoisotopic (exact) mass is 507 g/mol. The molecule has 1 aromatic carbocycles. The van der Waals surface area contributed by atoms with Crippen LogP contribution in [0, 0.1) is 0 Å². The molecule has 2 bridgehead atoms. The standard InChI is InChI=1S/C27H30ClN5O3/c1-27(2,3)36-26(35)33-15-21-8-9-22(33)14-32(21)23(34)16-31-17-30-24(18-4-6-20(28)7-5-18)25(31)19-10-12-29-13-11-19/h4-7,10-13,17,21-22H,8-9,14-16H2,1-3H3/t21?,22-/m0/s1. The molecule has 5 heterocycles. The lowest BCUT2D eigenvalue weighted by atomic mass is 9.91. The number of benzene rings is 1. The maximum absolute atomic E-state index is 13.5. The number of hydrogen-bond acceptors (Lipinski definition) is 5. The lowest BCUT2D eigenvalue weighted by molar-refractivity contribution is -0.142. The average molecular weight is 508 g/mol. The zero-order valence-electron chi connectivity index (χ0n) is 20.7. The predicted molar refractivity (Wildman–Crippen MR) is 137 cm³/mol. The van der Waals surface area contributed by atoms with E-state index in [4.69, 9.17) is 16.3 Å². The number of carbonyl (C=O) groups is 2. The molecule has 188 valence electrons. The van der Waals surface area contributed by atoms with Crippen LogP contribution in [0.3, 0.4) is 0 Å². The maximum atomic E-state index is 13.5. The number of fused-ring (bicyclic) bond motifs is 3. The third-order valence-electron chi connectivity index (χ3n) is 6.69. The highest BCUT2D eigenvalue weighted by Crippen LogP contribution is 2.33. The van der Waals surface area contributed by atoms with Gasteiger partial charge in [-0.25, -0.2) is 9.78 Å². The highest BCUT2D eigenvalue weighted by atomic mass is 35.5. The second-order valence-electron chi connectivity index (χ2n) is 10.4. The van der Waals surface area contributed by atoms with E-state index in [0.717, 1.165) is 35.4 Å². The smallest absolute Gasteiger partial charge is 0.410 e. The summed E-state index contributed by atoms with van der Waals surface area (Å²) in [6, 6.07) is 11.3. The fourth-order valence-corrected chi connectivity index (χ4v) is 5.17. The number of halogens is 1. The van der Waals surface area contributed by atoms with E-state index < -0.39 is 5.60 Å². The first-order valence-electron chi connectivity index (χ1n) is 12.2. The van der Waals surface area contributed by atoms with E-state index in [1.807, 2.05) is 66.6 Å². The van der Waals surface area contributed by atoms with Crippen LogP contribution in [-0.2, 0) is 16.1 Å². The fraction of sp³-hybridized carbons (Fsp3) is 0.407. The van der Waals surface area contributed by atoms with Gasteiger partial charge in [0.15, 0.2) is 0 Å². The Morgan fingerprint density at radius 1 is 0.972 bits per heavy atom. The molecule has 8 nitrogen and oxygen atoms in total. The summed E-state index contributed by atoms with van der Waals surface area (Å²) in [5.74, 6) is 0.0175. The molecule has 3 aliphatic heterocycles. The molecule has 36 heavy (non-hydrogen) atoms. The molecule has 6 rings (SSSR count). The molecule has 0 N–H and O–H groups in total. The summed E-state index contributed by atoms with van der Waals surface area (Å²) in [5, 5.41) is 0.652. The Kier molecular flexibility index (Phi) is 6.47. The predicted octanol–water partition coefficient (Wildman–Crippen LogP) is 4.88. The van der Waals surface area contributed by atoms with Crippen molar-refractivity contribution in [1.82, 2.24) is 24.3 Å². The molecule has 3 saturated heterocycles. The number of aromatic nitrogens is 3. The summed E-state index contributed by atoms with van der Waals surface area (Å²) in [6.45, 7) is 6.79. The highest BCUT2D eigenvalue weighted by molar-refractivity contribution is 6.30. The second kappa shape index (κ2) is 9.58. The van der Waals surface area contributed by atoms with E-state index in [-0.39, 0.29) is 30.6 Å². The molecule has 3 aliphatic rings. The Morgan fingerprint density at radius 2 is 1.61 bits per heavy atom. The molecule has 2 aromatic heterocycles. The van der Waals surface area contributed by atoms with Gasteiger partial charge < -0.3 is 19.1 Å².